The first-order valence-electron chi connectivity index (χ1n) is 7.36. The lowest BCUT2D eigenvalue weighted by atomic mass is 9.95. The molecule has 0 aliphatic carbocycles. The van der Waals surface area contributed by atoms with Gasteiger partial charge in [0.15, 0.2) is 0 Å². The van der Waals surface area contributed by atoms with Crippen LogP contribution in [0.25, 0.3) is 0 Å². The molecule has 2 unspecified atom stereocenters. The zero-order chi connectivity index (χ0) is 14.7. The highest BCUT2D eigenvalue weighted by Crippen LogP contribution is 2.37. The second kappa shape index (κ2) is 6.54. The van der Waals surface area contributed by atoms with Crippen molar-refractivity contribution in [2.24, 2.45) is 0 Å². The van der Waals surface area contributed by atoms with E-state index in [2.05, 4.69) is 30.3 Å². The van der Waals surface area contributed by atoms with Gasteiger partial charge in [0.1, 0.15) is 5.75 Å². The van der Waals surface area contributed by atoms with Gasteiger partial charge in [0.2, 0.25) is 0 Å². The van der Waals surface area contributed by atoms with Crippen LogP contribution in [-0.4, -0.2) is 17.5 Å². The molecule has 2 aromatic rings. The van der Waals surface area contributed by atoms with Gasteiger partial charge in [-0.25, -0.2) is 0 Å². The Bertz CT molecular complexity index is 592. The molecule has 0 spiro atoms. The number of hydrogen-bond acceptors (Lipinski definition) is 3. The molecule has 0 aromatic heterocycles. The molecule has 1 N–H and O–H groups in total. The predicted molar refractivity (Wildman–Crippen MR) is 87.1 cm³/mol. The van der Waals surface area contributed by atoms with E-state index in [-0.39, 0.29) is 0 Å². The number of aliphatic hydroxyl groups is 1. The molecule has 0 saturated carbocycles. The van der Waals surface area contributed by atoms with Crippen molar-refractivity contribution in [2.45, 2.75) is 30.3 Å². The monoisotopic (exact) mass is 300 g/mol. The molecule has 21 heavy (non-hydrogen) atoms. The van der Waals surface area contributed by atoms with Crippen molar-refractivity contribution in [1.29, 1.82) is 0 Å². The van der Waals surface area contributed by atoms with E-state index < -0.39 is 6.10 Å². The highest BCUT2D eigenvalue weighted by molar-refractivity contribution is 7.99. The maximum atomic E-state index is 9.54. The van der Waals surface area contributed by atoms with E-state index in [1.54, 1.807) is 6.92 Å². The molecular formula is C18H20O2S. The van der Waals surface area contributed by atoms with Gasteiger partial charge in [-0.2, -0.15) is 0 Å². The van der Waals surface area contributed by atoms with E-state index in [1.165, 1.54) is 10.5 Å². The van der Waals surface area contributed by atoms with Gasteiger partial charge in [-0.1, -0.05) is 30.3 Å². The fraction of sp³-hybridized carbons (Fsp3) is 0.333. The normalized spacial score (nSPS) is 18.7. The van der Waals surface area contributed by atoms with Crippen LogP contribution in [0.3, 0.4) is 0 Å². The van der Waals surface area contributed by atoms with E-state index >= 15 is 0 Å². The summed E-state index contributed by atoms with van der Waals surface area (Å²) in [4.78, 5) is 1.25. The minimum absolute atomic E-state index is 0.397. The summed E-state index contributed by atoms with van der Waals surface area (Å²) in [6.45, 7) is 2.60. The van der Waals surface area contributed by atoms with Crippen LogP contribution in [0.5, 0.6) is 5.75 Å². The van der Waals surface area contributed by atoms with E-state index in [0.29, 0.717) is 5.92 Å². The zero-order valence-electron chi connectivity index (χ0n) is 12.2. The Morgan fingerprint density at radius 2 is 1.95 bits per heavy atom. The molecule has 110 valence electrons. The molecule has 0 saturated heterocycles. The van der Waals surface area contributed by atoms with Gasteiger partial charge in [0.25, 0.3) is 0 Å². The molecule has 0 bridgehead atoms. The molecule has 1 aliphatic rings. The van der Waals surface area contributed by atoms with Crippen LogP contribution in [0, 0.1) is 0 Å². The van der Waals surface area contributed by atoms with E-state index in [9.17, 15) is 5.11 Å². The van der Waals surface area contributed by atoms with E-state index in [0.717, 1.165) is 30.1 Å². The maximum absolute atomic E-state index is 9.54. The first-order chi connectivity index (χ1) is 10.2. The number of aliphatic hydroxyl groups excluding tert-OH is 1. The van der Waals surface area contributed by atoms with Crippen LogP contribution in [0.1, 0.15) is 36.5 Å². The summed E-state index contributed by atoms with van der Waals surface area (Å²) in [5, 5.41) is 9.54. The van der Waals surface area contributed by atoms with Gasteiger partial charge in [0.05, 0.1) is 12.7 Å². The number of fused-ring (bicyclic) bond motifs is 1. The fourth-order valence-corrected chi connectivity index (χ4v) is 3.70. The molecule has 2 atom stereocenters. The Morgan fingerprint density at radius 1 is 1.19 bits per heavy atom. The molecule has 0 amide bonds. The summed E-state index contributed by atoms with van der Waals surface area (Å²) in [6.07, 6.45) is 0.682. The Balaban J connectivity index is 1.66. The van der Waals surface area contributed by atoms with Gasteiger partial charge in [-0.05, 0) is 42.7 Å². The molecule has 3 heteroatoms. The number of thioether (sulfide) groups is 1. The second-order valence-electron chi connectivity index (χ2n) is 5.43. The van der Waals surface area contributed by atoms with Gasteiger partial charge in [-0.3, -0.25) is 0 Å². The van der Waals surface area contributed by atoms with Crippen LogP contribution < -0.4 is 4.74 Å². The van der Waals surface area contributed by atoms with Crippen molar-refractivity contribution in [3.63, 3.8) is 0 Å². The molecule has 1 aliphatic heterocycles. The summed E-state index contributed by atoms with van der Waals surface area (Å²) in [5.74, 6) is 2.66. The van der Waals surface area contributed by atoms with E-state index in [1.807, 2.05) is 30.0 Å². The molecule has 2 aromatic carbocycles. The third-order valence-electron chi connectivity index (χ3n) is 3.90. The lowest BCUT2D eigenvalue weighted by Crippen LogP contribution is -2.15. The molecule has 3 rings (SSSR count). The van der Waals surface area contributed by atoms with Crippen molar-refractivity contribution >= 4 is 11.8 Å². The SMILES string of the molecule is CC(O)c1ccc(SCC2CCOc3ccccc32)cc1. The molecule has 1 heterocycles. The van der Waals surface area contributed by atoms with Crippen molar-refractivity contribution < 1.29 is 9.84 Å². The Hall–Kier alpha value is -1.45. The van der Waals surface area contributed by atoms with Crippen LogP contribution in [0.15, 0.2) is 53.4 Å². The molecule has 0 radical (unpaired) electrons. The van der Waals surface area contributed by atoms with Crippen molar-refractivity contribution in [3.8, 4) is 5.75 Å². The van der Waals surface area contributed by atoms with E-state index in [4.69, 9.17) is 4.74 Å². The third-order valence-corrected chi connectivity index (χ3v) is 5.07. The van der Waals surface area contributed by atoms with Crippen LogP contribution in [0.4, 0.5) is 0 Å². The Morgan fingerprint density at radius 3 is 2.71 bits per heavy atom. The fourth-order valence-electron chi connectivity index (χ4n) is 2.63. The van der Waals surface area contributed by atoms with Gasteiger partial charge >= 0.3 is 0 Å². The van der Waals surface area contributed by atoms with Crippen LogP contribution >= 0.6 is 11.8 Å². The van der Waals surface area contributed by atoms with Crippen LogP contribution in [-0.2, 0) is 0 Å². The zero-order valence-corrected chi connectivity index (χ0v) is 13.0. The minimum atomic E-state index is -0.397. The van der Waals surface area contributed by atoms with Crippen molar-refractivity contribution in [2.75, 3.05) is 12.4 Å². The van der Waals surface area contributed by atoms with Gasteiger partial charge < -0.3 is 9.84 Å². The highest BCUT2D eigenvalue weighted by Gasteiger charge is 2.20. The third kappa shape index (κ3) is 3.42. The number of para-hydroxylation sites is 1. The summed E-state index contributed by atoms with van der Waals surface area (Å²) in [5.41, 5.74) is 2.30. The highest BCUT2D eigenvalue weighted by atomic mass is 32.2. The summed E-state index contributed by atoms with van der Waals surface area (Å²) < 4.78 is 5.71. The minimum Gasteiger partial charge on any atom is -0.493 e. The molecular weight excluding hydrogens is 280 g/mol. The summed E-state index contributed by atoms with van der Waals surface area (Å²) in [6, 6.07) is 16.6. The van der Waals surface area contributed by atoms with Gasteiger partial charge in [0, 0.05) is 16.6 Å². The number of rotatable bonds is 4. The summed E-state index contributed by atoms with van der Waals surface area (Å²) in [7, 11) is 0. The molecule has 2 nitrogen and oxygen atoms in total. The standard InChI is InChI=1S/C18H20O2S/c1-13(19)14-6-8-16(9-7-14)21-12-15-10-11-20-18-5-3-2-4-17(15)18/h2-9,13,15,19H,10-12H2,1H3. The average Bonchev–Trinajstić information content (AvgIpc) is 2.53. The topological polar surface area (TPSA) is 29.5 Å². The maximum Gasteiger partial charge on any atom is 0.122 e. The Kier molecular flexibility index (Phi) is 4.51. The number of ether oxygens (including phenoxy) is 1. The predicted octanol–water partition coefficient (Wildman–Crippen LogP) is 4.40. The Labute approximate surface area is 130 Å². The largest absolute Gasteiger partial charge is 0.493 e. The first-order valence-corrected chi connectivity index (χ1v) is 8.35. The van der Waals surface area contributed by atoms with Crippen molar-refractivity contribution in [3.05, 3.63) is 59.7 Å². The average molecular weight is 300 g/mol. The first kappa shape index (κ1) is 14.5. The lowest BCUT2D eigenvalue weighted by molar-refractivity contribution is 0.199. The second-order valence-corrected chi connectivity index (χ2v) is 6.52. The molecule has 0 fully saturated rings. The lowest BCUT2D eigenvalue weighted by Gasteiger charge is -2.25. The number of benzene rings is 2. The number of hydrogen-bond donors (Lipinski definition) is 1. The van der Waals surface area contributed by atoms with Crippen LogP contribution in [0.2, 0.25) is 0 Å². The quantitative estimate of drug-likeness (QED) is 0.849. The van der Waals surface area contributed by atoms with Crippen molar-refractivity contribution in [1.82, 2.24) is 0 Å². The summed E-state index contributed by atoms with van der Waals surface area (Å²) >= 11 is 1.87. The smallest absolute Gasteiger partial charge is 0.122 e. The van der Waals surface area contributed by atoms with Gasteiger partial charge in [-0.15, -0.1) is 11.8 Å².